The van der Waals surface area contributed by atoms with E-state index in [1.807, 2.05) is 42.9 Å². The summed E-state index contributed by atoms with van der Waals surface area (Å²) in [5, 5.41) is 5.60. The Hall–Kier alpha value is -3.85. The molecule has 1 saturated carbocycles. The number of rotatable bonds is 6. The highest BCUT2D eigenvalue weighted by atomic mass is 16.5. The number of aromatic nitrogens is 5. The zero-order valence-electron chi connectivity index (χ0n) is 19.9. The Morgan fingerprint density at radius 3 is 2.69 bits per heavy atom. The van der Waals surface area contributed by atoms with Gasteiger partial charge in [0.05, 0.1) is 42.2 Å². The highest BCUT2D eigenvalue weighted by Gasteiger charge is 2.28. The van der Waals surface area contributed by atoms with E-state index in [1.54, 1.807) is 17.3 Å². The van der Waals surface area contributed by atoms with Gasteiger partial charge in [-0.25, -0.2) is 15.0 Å². The molecule has 178 valence electrons. The van der Waals surface area contributed by atoms with Crippen molar-refractivity contribution in [1.29, 1.82) is 0 Å². The van der Waals surface area contributed by atoms with Gasteiger partial charge in [-0.15, -0.1) is 0 Å². The number of carbonyl (C=O) groups excluding carboxylic acids is 1. The third kappa shape index (κ3) is 3.91. The van der Waals surface area contributed by atoms with E-state index < -0.39 is 0 Å². The van der Waals surface area contributed by atoms with Crippen molar-refractivity contribution in [3.05, 3.63) is 70.6 Å². The minimum Gasteiger partial charge on any atom is -0.383 e. The maximum absolute atomic E-state index is 13.7. The summed E-state index contributed by atoms with van der Waals surface area (Å²) in [7, 11) is 0. The number of fused-ring (bicyclic) bond motifs is 3. The molecule has 1 fully saturated rings. The number of hydrogen-bond donors (Lipinski definition) is 1. The molecule has 9 nitrogen and oxygen atoms in total. The number of carbonyl (C=O) groups is 1. The average molecular weight is 470 g/mol. The lowest BCUT2D eigenvalue weighted by Gasteiger charge is -2.22. The molecule has 1 aliphatic heterocycles. The molecule has 1 aliphatic carbocycles. The number of benzene rings is 1. The molecule has 0 atom stereocenters. The van der Waals surface area contributed by atoms with E-state index in [4.69, 9.17) is 10.5 Å². The number of pyridine rings is 1. The minimum atomic E-state index is -0.166. The third-order valence-electron chi connectivity index (χ3n) is 6.78. The van der Waals surface area contributed by atoms with Gasteiger partial charge in [0.15, 0.2) is 0 Å². The molecule has 0 spiro atoms. The number of ether oxygens (including phenoxy) is 1. The molecule has 2 aliphatic rings. The van der Waals surface area contributed by atoms with Gasteiger partial charge in [0, 0.05) is 42.0 Å². The Labute approximate surface area is 203 Å². The van der Waals surface area contributed by atoms with Crippen molar-refractivity contribution >= 4 is 28.3 Å². The molecule has 35 heavy (non-hydrogen) atoms. The van der Waals surface area contributed by atoms with Gasteiger partial charge < -0.3 is 15.4 Å². The zero-order chi connectivity index (χ0) is 24.1. The van der Waals surface area contributed by atoms with Crippen LogP contribution in [0.1, 0.15) is 64.2 Å². The molecule has 9 heteroatoms. The van der Waals surface area contributed by atoms with Gasteiger partial charge in [-0.05, 0) is 43.9 Å². The number of anilines is 2. The summed E-state index contributed by atoms with van der Waals surface area (Å²) in [6.07, 6.45) is 7.42. The molecule has 1 amide bonds. The normalized spacial score (nSPS) is 14.9. The lowest BCUT2D eigenvalue weighted by atomic mass is 10.0. The van der Waals surface area contributed by atoms with Crippen LogP contribution in [-0.2, 0) is 31.0 Å². The number of nitrogen functional groups attached to an aromatic ring is 1. The van der Waals surface area contributed by atoms with Gasteiger partial charge in [-0.2, -0.15) is 5.10 Å². The lowest BCUT2D eigenvalue weighted by Crippen LogP contribution is -2.31. The molecule has 0 saturated heterocycles. The van der Waals surface area contributed by atoms with Crippen LogP contribution in [0.2, 0.25) is 0 Å². The van der Waals surface area contributed by atoms with Crippen molar-refractivity contribution in [3.63, 3.8) is 0 Å². The fraction of sp³-hybridized carbons (Fsp3) is 0.346. The van der Waals surface area contributed by atoms with E-state index in [0.29, 0.717) is 43.6 Å². The second-order valence-electron chi connectivity index (χ2n) is 9.25. The minimum absolute atomic E-state index is 0.166. The predicted octanol–water partition coefficient (Wildman–Crippen LogP) is 3.89. The molecular formula is C26H27N7O2. The topological polar surface area (TPSA) is 112 Å². The van der Waals surface area contributed by atoms with Gasteiger partial charge >= 0.3 is 0 Å². The Morgan fingerprint density at radius 1 is 1.20 bits per heavy atom. The van der Waals surface area contributed by atoms with Crippen LogP contribution in [0, 0.1) is 6.92 Å². The monoisotopic (exact) mass is 469 g/mol. The fourth-order valence-electron chi connectivity index (χ4n) is 4.66. The van der Waals surface area contributed by atoms with Crippen LogP contribution < -0.4 is 10.6 Å². The van der Waals surface area contributed by atoms with E-state index in [2.05, 4.69) is 20.1 Å². The Morgan fingerprint density at radius 2 is 1.97 bits per heavy atom. The largest absolute Gasteiger partial charge is 0.383 e. The average Bonchev–Trinajstić information content (AvgIpc) is 3.47. The quantitative estimate of drug-likeness (QED) is 0.456. The molecule has 0 radical (unpaired) electrons. The summed E-state index contributed by atoms with van der Waals surface area (Å²) in [5.41, 5.74) is 12.0. The SMILES string of the molecule is CCn1cc(N(Cc2ccc3c4c(c(N)nc3c2)COC4)C(=O)c2cnc(C3CC3)nc2)c(C)n1. The zero-order valence-corrected chi connectivity index (χ0v) is 19.9. The summed E-state index contributed by atoms with van der Waals surface area (Å²) in [5.74, 6) is 1.59. The highest BCUT2D eigenvalue weighted by Crippen LogP contribution is 2.37. The Balaban J connectivity index is 1.37. The Kier molecular flexibility index (Phi) is 5.21. The lowest BCUT2D eigenvalue weighted by molar-refractivity contribution is 0.0984. The standard InChI is InChI=1S/C26H27N7O2/c1-3-32-12-23(15(2)31-32)33(26(34)18-9-28-25(29-10-18)17-5-6-17)11-16-4-7-19-20-13-35-14-21(20)24(27)30-22(19)8-16/h4,7-10,12,17H,3,5-6,11,13-14H2,1-2H3,(H2,27,30). The molecular weight excluding hydrogens is 442 g/mol. The molecule has 1 aromatic carbocycles. The first-order valence-corrected chi connectivity index (χ1v) is 12.0. The summed E-state index contributed by atoms with van der Waals surface area (Å²) in [6, 6.07) is 6.07. The number of aryl methyl sites for hydroxylation is 2. The molecule has 3 aromatic heterocycles. The van der Waals surface area contributed by atoms with E-state index in [0.717, 1.165) is 57.6 Å². The predicted molar refractivity (Wildman–Crippen MR) is 132 cm³/mol. The van der Waals surface area contributed by atoms with Crippen LogP contribution in [0.4, 0.5) is 11.5 Å². The summed E-state index contributed by atoms with van der Waals surface area (Å²) < 4.78 is 7.43. The van der Waals surface area contributed by atoms with Crippen LogP contribution in [0.25, 0.3) is 10.9 Å². The van der Waals surface area contributed by atoms with Crippen molar-refractivity contribution in [2.45, 2.75) is 58.9 Å². The first-order valence-electron chi connectivity index (χ1n) is 12.0. The first kappa shape index (κ1) is 21.7. The summed E-state index contributed by atoms with van der Waals surface area (Å²) >= 11 is 0. The third-order valence-corrected chi connectivity index (χ3v) is 6.78. The second-order valence-corrected chi connectivity index (χ2v) is 9.25. The van der Waals surface area contributed by atoms with Gasteiger partial charge in [-0.3, -0.25) is 9.48 Å². The summed E-state index contributed by atoms with van der Waals surface area (Å²) in [4.78, 5) is 29.0. The molecule has 0 unspecified atom stereocenters. The van der Waals surface area contributed by atoms with Crippen LogP contribution in [0.15, 0.2) is 36.8 Å². The fourth-order valence-corrected chi connectivity index (χ4v) is 4.66. The van der Waals surface area contributed by atoms with Crippen LogP contribution in [0.3, 0.4) is 0 Å². The smallest absolute Gasteiger partial charge is 0.261 e. The van der Waals surface area contributed by atoms with Gasteiger partial charge in [0.2, 0.25) is 0 Å². The van der Waals surface area contributed by atoms with E-state index in [9.17, 15) is 4.79 Å². The molecule has 2 N–H and O–H groups in total. The van der Waals surface area contributed by atoms with Crippen molar-refractivity contribution in [3.8, 4) is 0 Å². The molecule has 0 bridgehead atoms. The first-order chi connectivity index (χ1) is 17.0. The molecule has 4 heterocycles. The van der Waals surface area contributed by atoms with Crippen molar-refractivity contribution < 1.29 is 9.53 Å². The Bertz CT molecular complexity index is 1440. The number of nitrogens with two attached hydrogens (primary N) is 1. The van der Waals surface area contributed by atoms with Crippen LogP contribution >= 0.6 is 0 Å². The second kappa shape index (κ2) is 8.42. The van der Waals surface area contributed by atoms with Crippen molar-refractivity contribution in [1.82, 2.24) is 24.7 Å². The maximum Gasteiger partial charge on any atom is 0.261 e. The van der Waals surface area contributed by atoms with E-state index >= 15 is 0 Å². The van der Waals surface area contributed by atoms with Crippen LogP contribution in [0.5, 0.6) is 0 Å². The van der Waals surface area contributed by atoms with Crippen molar-refractivity contribution in [2.75, 3.05) is 10.6 Å². The molecule has 4 aromatic rings. The number of hydrogen-bond acceptors (Lipinski definition) is 7. The van der Waals surface area contributed by atoms with Crippen molar-refractivity contribution in [2.24, 2.45) is 0 Å². The van der Waals surface area contributed by atoms with Crippen LogP contribution in [-0.4, -0.2) is 30.6 Å². The van der Waals surface area contributed by atoms with E-state index in [1.165, 1.54) is 0 Å². The van der Waals surface area contributed by atoms with Gasteiger partial charge in [0.1, 0.15) is 11.6 Å². The maximum atomic E-state index is 13.7. The highest BCUT2D eigenvalue weighted by molar-refractivity contribution is 6.06. The number of nitrogens with zero attached hydrogens (tertiary/aromatic N) is 6. The summed E-state index contributed by atoms with van der Waals surface area (Å²) in [6.45, 7) is 6.04. The van der Waals surface area contributed by atoms with E-state index in [-0.39, 0.29) is 5.91 Å². The van der Waals surface area contributed by atoms with Gasteiger partial charge in [0.25, 0.3) is 5.91 Å². The number of amides is 1. The van der Waals surface area contributed by atoms with Gasteiger partial charge in [-0.1, -0.05) is 12.1 Å². The molecule has 6 rings (SSSR count).